The van der Waals surface area contributed by atoms with Crippen LogP contribution in [-0.2, 0) is 0 Å². The Morgan fingerprint density at radius 2 is 1.26 bits per heavy atom. The van der Waals surface area contributed by atoms with Crippen molar-refractivity contribution in [2.24, 2.45) is 0 Å². The van der Waals surface area contributed by atoms with E-state index in [0.717, 1.165) is 0 Å². The van der Waals surface area contributed by atoms with E-state index in [1.807, 2.05) is 27.7 Å². The van der Waals surface area contributed by atoms with Gasteiger partial charge in [0.2, 0.25) is 0 Å². The number of hydrogen-bond donors (Lipinski definition) is 2. The second-order valence-corrected chi connectivity index (χ2v) is 12.1. The lowest BCUT2D eigenvalue weighted by Crippen LogP contribution is -2.16. The van der Waals surface area contributed by atoms with Crippen molar-refractivity contribution in [1.29, 1.82) is 0 Å². The van der Waals surface area contributed by atoms with E-state index in [1.54, 1.807) is 12.1 Å². The van der Waals surface area contributed by atoms with E-state index in [0.29, 0.717) is 21.4 Å². The molecule has 0 bridgehead atoms. The Balaban J connectivity index is 0. The maximum atomic E-state index is 10.5. The summed E-state index contributed by atoms with van der Waals surface area (Å²) in [6.45, 7) is 14.4. The zero-order valence-electron chi connectivity index (χ0n) is 19.0. The van der Waals surface area contributed by atoms with Crippen LogP contribution in [0.1, 0.15) is 33.3 Å². The summed E-state index contributed by atoms with van der Waals surface area (Å²) in [6, 6.07) is 8.61. The molecule has 8 nitrogen and oxygen atoms in total. The van der Waals surface area contributed by atoms with Crippen molar-refractivity contribution >= 4 is 46.8 Å². The van der Waals surface area contributed by atoms with E-state index in [-0.39, 0.29) is 11.4 Å². The van der Waals surface area contributed by atoms with Gasteiger partial charge in [0, 0.05) is 34.3 Å². The Kier molecular flexibility index (Phi) is 14.6. The van der Waals surface area contributed by atoms with Gasteiger partial charge < -0.3 is 11.5 Å². The molecule has 4 N–H and O–H groups in total. The minimum Gasteiger partial charge on any atom is -0.398 e. The van der Waals surface area contributed by atoms with Gasteiger partial charge in [0.15, 0.2) is 0 Å². The first-order valence-electron chi connectivity index (χ1n) is 9.67. The average Bonchev–Trinajstić information content (AvgIpc) is 2.71. The van der Waals surface area contributed by atoms with Gasteiger partial charge in [-0.05, 0) is 28.1 Å². The molecular weight excluding hydrogens is 480 g/mol. The van der Waals surface area contributed by atoms with Crippen LogP contribution in [0.15, 0.2) is 40.9 Å². The zero-order valence-corrected chi connectivity index (χ0v) is 21.6. The maximum absolute atomic E-state index is 10.5. The number of nitrogens with zero attached hydrogens (tertiary/aromatic N) is 2. The smallest absolute Gasteiger partial charge is 0.271 e. The summed E-state index contributed by atoms with van der Waals surface area (Å²) in [5.41, 5.74) is 15.7. The fraction of sp³-hybridized carbons (Fsp3) is 0.333. The minimum absolute atomic E-state index is 0.00365. The van der Waals surface area contributed by atoms with Gasteiger partial charge in [-0.25, -0.2) is 0 Å². The SMILES string of the molecule is CC.CC.C[Si](C)(C)C#Cc1ccc([N+](=O)[O-])cc1N.Nc1cc([N+](=O)[O-])ccc1Br. The highest BCUT2D eigenvalue weighted by molar-refractivity contribution is 9.10. The highest BCUT2D eigenvalue weighted by Crippen LogP contribution is 2.23. The summed E-state index contributed by atoms with van der Waals surface area (Å²) >= 11 is 3.13. The predicted octanol–water partition coefficient (Wildman–Crippen LogP) is 6.40. The van der Waals surface area contributed by atoms with Crippen molar-refractivity contribution in [3.05, 3.63) is 66.7 Å². The fourth-order valence-electron chi connectivity index (χ4n) is 1.68. The molecule has 0 spiro atoms. The molecule has 0 unspecified atom stereocenters. The van der Waals surface area contributed by atoms with Gasteiger partial charge in [0.25, 0.3) is 11.4 Å². The van der Waals surface area contributed by atoms with Crippen molar-refractivity contribution in [3.8, 4) is 11.5 Å². The first kappa shape index (κ1) is 30.3. The van der Waals surface area contributed by atoms with E-state index >= 15 is 0 Å². The highest BCUT2D eigenvalue weighted by atomic mass is 79.9. The summed E-state index contributed by atoms with van der Waals surface area (Å²) in [6.07, 6.45) is 0. The number of non-ortho nitro benzene ring substituents is 2. The lowest BCUT2D eigenvalue weighted by Gasteiger charge is -2.04. The molecule has 0 radical (unpaired) electrons. The zero-order chi connectivity index (χ0) is 24.8. The number of anilines is 2. The molecule has 0 aromatic heterocycles. The molecule has 0 aliphatic heterocycles. The molecule has 10 heteroatoms. The maximum Gasteiger partial charge on any atom is 0.271 e. The van der Waals surface area contributed by atoms with Gasteiger partial charge in [0.1, 0.15) is 8.07 Å². The molecule has 2 rings (SSSR count). The molecule has 0 fully saturated rings. The van der Waals surface area contributed by atoms with Crippen molar-refractivity contribution in [2.75, 3.05) is 11.5 Å². The normalized spacial score (nSPS) is 9.16. The number of nitrogen functional groups attached to an aromatic ring is 2. The largest absolute Gasteiger partial charge is 0.398 e. The van der Waals surface area contributed by atoms with Gasteiger partial charge in [-0.2, -0.15) is 0 Å². The van der Waals surface area contributed by atoms with E-state index < -0.39 is 17.9 Å². The molecule has 0 aliphatic rings. The first-order valence-corrected chi connectivity index (χ1v) is 14.0. The second kappa shape index (κ2) is 15.0. The molecule has 0 heterocycles. The Labute approximate surface area is 193 Å². The molecule has 31 heavy (non-hydrogen) atoms. The molecule has 170 valence electrons. The highest BCUT2D eigenvalue weighted by Gasteiger charge is 2.10. The number of nitrogens with two attached hydrogens (primary N) is 2. The van der Waals surface area contributed by atoms with Crippen LogP contribution >= 0.6 is 15.9 Å². The third kappa shape index (κ3) is 12.4. The third-order valence-corrected chi connectivity index (χ3v) is 4.61. The van der Waals surface area contributed by atoms with Gasteiger partial charge in [-0.15, -0.1) is 5.54 Å². The molecular formula is C21H31BrN4O4Si. The standard InChI is InChI=1S/C11H14N2O2Si.C6H5BrN2O2.2C2H6/c1-16(2,3)7-6-9-4-5-10(13(14)15)8-11(9)12;7-5-2-1-4(9(10)11)3-6(5)8;2*1-2/h4-5,8H,12H2,1-3H3;1-3H,8H2;2*1-2H3. The number of rotatable bonds is 2. The number of hydrogen-bond acceptors (Lipinski definition) is 6. The van der Waals surface area contributed by atoms with E-state index in [4.69, 9.17) is 11.5 Å². The first-order chi connectivity index (χ1) is 14.4. The molecule has 0 atom stereocenters. The Bertz CT molecular complexity index is 935. The number of benzene rings is 2. The summed E-state index contributed by atoms with van der Waals surface area (Å²) in [7, 11) is -1.45. The van der Waals surface area contributed by atoms with Crippen LogP contribution < -0.4 is 11.5 Å². The Morgan fingerprint density at radius 1 is 0.839 bits per heavy atom. The predicted molar refractivity (Wildman–Crippen MR) is 136 cm³/mol. The molecule has 0 saturated carbocycles. The topological polar surface area (TPSA) is 138 Å². The van der Waals surface area contributed by atoms with Crippen LogP contribution in [-0.4, -0.2) is 17.9 Å². The van der Waals surface area contributed by atoms with Crippen LogP contribution in [0, 0.1) is 31.7 Å². The van der Waals surface area contributed by atoms with Gasteiger partial charge in [0.05, 0.1) is 21.2 Å². The van der Waals surface area contributed by atoms with Crippen LogP contribution in [0.3, 0.4) is 0 Å². The summed E-state index contributed by atoms with van der Waals surface area (Å²) < 4.78 is 0.670. The Morgan fingerprint density at radius 3 is 1.61 bits per heavy atom. The molecule has 0 saturated heterocycles. The summed E-state index contributed by atoms with van der Waals surface area (Å²) in [5.74, 6) is 2.98. The van der Waals surface area contributed by atoms with Gasteiger partial charge in [-0.1, -0.05) is 53.3 Å². The monoisotopic (exact) mass is 510 g/mol. The van der Waals surface area contributed by atoms with Crippen LogP contribution in [0.25, 0.3) is 0 Å². The van der Waals surface area contributed by atoms with Crippen molar-refractivity contribution in [1.82, 2.24) is 0 Å². The number of nitro benzene ring substituents is 2. The van der Waals surface area contributed by atoms with Gasteiger partial charge >= 0.3 is 0 Å². The van der Waals surface area contributed by atoms with Crippen molar-refractivity contribution < 1.29 is 9.85 Å². The van der Waals surface area contributed by atoms with E-state index in [1.165, 1.54) is 24.3 Å². The van der Waals surface area contributed by atoms with Crippen molar-refractivity contribution in [2.45, 2.75) is 47.3 Å². The lowest BCUT2D eigenvalue weighted by molar-refractivity contribution is -0.385. The van der Waals surface area contributed by atoms with Gasteiger partial charge in [-0.3, -0.25) is 20.2 Å². The summed E-state index contributed by atoms with van der Waals surface area (Å²) in [5, 5.41) is 20.7. The number of nitro groups is 2. The minimum atomic E-state index is -1.45. The molecule has 0 aliphatic carbocycles. The van der Waals surface area contributed by atoms with Crippen molar-refractivity contribution in [3.63, 3.8) is 0 Å². The average molecular weight is 511 g/mol. The lowest BCUT2D eigenvalue weighted by atomic mass is 10.2. The van der Waals surface area contributed by atoms with Crippen LogP contribution in [0.5, 0.6) is 0 Å². The quantitative estimate of drug-likeness (QED) is 0.157. The Hall–Kier alpha value is -2.90. The third-order valence-electron chi connectivity index (χ3n) is 3.01. The summed E-state index contributed by atoms with van der Waals surface area (Å²) in [4.78, 5) is 19.8. The molecule has 0 amide bonds. The molecule has 2 aromatic carbocycles. The van der Waals surface area contributed by atoms with Crippen LogP contribution in [0.4, 0.5) is 22.7 Å². The second-order valence-electron chi connectivity index (χ2n) is 6.49. The van der Waals surface area contributed by atoms with E-state index in [9.17, 15) is 20.2 Å². The number of halogens is 1. The van der Waals surface area contributed by atoms with E-state index in [2.05, 4.69) is 47.0 Å². The van der Waals surface area contributed by atoms with Crippen LogP contribution in [0.2, 0.25) is 19.6 Å². The molecule has 2 aromatic rings. The fourth-order valence-corrected chi connectivity index (χ4v) is 2.43.